The van der Waals surface area contributed by atoms with Crippen molar-refractivity contribution in [3.8, 4) is 0 Å². The predicted molar refractivity (Wildman–Crippen MR) is 93.4 cm³/mol. The molecule has 0 saturated carbocycles. The fourth-order valence-corrected chi connectivity index (χ4v) is 4.33. The summed E-state index contributed by atoms with van der Waals surface area (Å²) in [6.07, 6.45) is 1.91. The summed E-state index contributed by atoms with van der Waals surface area (Å²) in [5.74, 6) is 2.78. The second-order valence-electron chi connectivity index (χ2n) is 6.14. The minimum Gasteiger partial charge on any atom is -0.387 e. The molecule has 0 spiro atoms. The van der Waals surface area contributed by atoms with Crippen LogP contribution in [0.15, 0.2) is 29.3 Å². The zero-order valence-electron chi connectivity index (χ0n) is 13.2. The van der Waals surface area contributed by atoms with Crippen LogP contribution < -0.4 is 5.32 Å². The van der Waals surface area contributed by atoms with Crippen molar-refractivity contribution < 1.29 is 5.11 Å². The van der Waals surface area contributed by atoms with Gasteiger partial charge >= 0.3 is 0 Å². The van der Waals surface area contributed by atoms with Crippen LogP contribution in [0.25, 0.3) is 0 Å². The molecule has 3 rings (SSSR count). The van der Waals surface area contributed by atoms with Crippen LogP contribution in [-0.2, 0) is 13.0 Å². The first-order valence-electron chi connectivity index (χ1n) is 8.10. The van der Waals surface area contributed by atoms with Crippen molar-refractivity contribution >= 4 is 17.7 Å². The Labute approximate surface area is 137 Å². The molecule has 5 heteroatoms. The van der Waals surface area contributed by atoms with E-state index in [9.17, 15) is 5.11 Å². The summed E-state index contributed by atoms with van der Waals surface area (Å²) >= 11 is 1.82. The van der Waals surface area contributed by atoms with E-state index in [4.69, 9.17) is 4.99 Å². The average Bonchev–Trinajstić information content (AvgIpc) is 2.98. The van der Waals surface area contributed by atoms with Crippen LogP contribution >= 0.6 is 11.8 Å². The first-order valence-corrected chi connectivity index (χ1v) is 9.26. The van der Waals surface area contributed by atoms with Crippen molar-refractivity contribution in [1.29, 1.82) is 0 Å². The largest absolute Gasteiger partial charge is 0.387 e. The molecule has 22 heavy (non-hydrogen) atoms. The van der Waals surface area contributed by atoms with Crippen molar-refractivity contribution in [2.24, 2.45) is 4.99 Å². The molecule has 1 aromatic rings. The van der Waals surface area contributed by atoms with Crippen molar-refractivity contribution in [2.45, 2.75) is 31.9 Å². The third-order valence-electron chi connectivity index (χ3n) is 4.37. The van der Waals surface area contributed by atoms with Crippen molar-refractivity contribution in [1.82, 2.24) is 10.2 Å². The van der Waals surface area contributed by atoms with Crippen LogP contribution in [0.2, 0.25) is 0 Å². The number of thioether (sulfide) groups is 1. The van der Waals surface area contributed by atoms with Crippen molar-refractivity contribution in [3.05, 3.63) is 35.4 Å². The highest BCUT2D eigenvalue weighted by atomic mass is 32.2. The lowest BCUT2D eigenvalue weighted by molar-refractivity contribution is 0.0775. The van der Waals surface area contributed by atoms with E-state index in [1.807, 2.05) is 11.8 Å². The average molecular weight is 319 g/mol. The summed E-state index contributed by atoms with van der Waals surface area (Å²) in [6, 6.07) is 8.63. The first-order chi connectivity index (χ1) is 10.7. The molecule has 0 radical (unpaired) electrons. The summed E-state index contributed by atoms with van der Waals surface area (Å²) in [6.45, 7) is 5.32. The number of fused-ring (bicyclic) bond motifs is 1. The Hall–Kier alpha value is -1.20. The zero-order valence-corrected chi connectivity index (χ0v) is 14.0. The smallest absolute Gasteiger partial charge is 0.194 e. The maximum Gasteiger partial charge on any atom is 0.194 e. The number of rotatable bonds is 3. The Balaban J connectivity index is 1.71. The van der Waals surface area contributed by atoms with E-state index in [1.54, 1.807) is 0 Å². The van der Waals surface area contributed by atoms with Gasteiger partial charge in [0.2, 0.25) is 0 Å². The molecule has 2 aliphatic rings. The number of hydrogen-bond donors (Lipinski definition) is 2. The van der Waals surface area contributed by atoms with E-state index in [2.05, 4.69) is 41.4 Å². The standard InChI is InChI=1S/C17H25N3OS/c1-2-18-16(19-12-17(21)8-10-22-13-17)20-9-7-14-5-3-4-6-15(14)11-20/h3-6,21H,2,7-13H2,1H3,(H,18,19). The summed E-state index contributed by atoms with van der Waals surface area (Å²) in [4.78, 5) is 7.03. The second-order valence-corrected chi connectivity index (χ2v) is 7.24. The molecular formula is C17H25N3OS. The number of nitrogens with zero attached hydrogens (tertiary/aromatic N) is 2. The molecule has 120 valence electrons. The zero-order chi connectivity index (χ0) is 15.4. The third-order valence-corrected chi connectivity index (χ3v) is 5.60. The minimum atomic E-state index is -0.612. The van der Waals surface area contributed by atoms with Gasteiger partial charge in [-0.05, 0) is 36.6 Å². The highest BCUT2D eigenvalue weighted by Crippen LogP contribution is 2.28. The molecule has 2 aliphatic heterocycles. The monoisotopic (exact) mass is 319 g/mol. The fraction of sp³-hybridized carbons (Fsp3) is 0.588. The summed E-state index contributed by atoms with van der Waals surface area (Å²) in [5, 5.41) is 13.9. The Morgan fingerprint density at radius 3 is 2.95 bits per heavy atom. The van der Waals surface area contributed by atoms with Gasteiger partial charge in [0, 0.05) is 25.4 Å². The van der Waals surface area contributed by atoms with E-state index in [0.29, 0.717) is 6.54 Å². The maximum atomic E-state index is 10.5. The van der Waals surface area contributed by atoms with Gasteiger partial charge in [0.15, 0.2) is 5.96 Å². The third kappa shape index (κ3) is 3.58. The molecule has 1 fully saturated rings. The summed E-state index contributed by atoms with van der Waals surface area (Å²) < 4.78 is 0. The first kappa shape index (κ1) is 15.7. The minimum absolute atomic E-state index is 0.500. The fourth-order valence-electron chi connectivity index (χ4n) is 3.05. The van der Waals surface area contributed by atoms with Crippen LogP contribution in [0, 0.1) is 0 Å². The van der Waals surface area contributed by atoms with E-state index in [-0.39, 0.29) is 0 Å². The molecule has 2 heterocycles. The number of nitrogens with one attached hydrogen (secondary N) is 1. The summed E-state index contributed by atoms with van der Waals surface area (Å²) in [7, 11) is 0. The number of guanidine groups is 1. The van der Waals surface area contributed by atoms with Crippen molar-refractivity contribution in [3.63, 3.8) is 0 Å². The molecule has 1 aromatic carbocycles. The molecule has 1 unspecified atom stereocenters. The Morgan fingerprint density at radius 2 is 2.23 bits per heavy atom. The highest BCUT2D eigenvalue weighted by molar-refractivity contribution is 7.99. The number of aliphatic imine (C=N–C) groups is 1. The van der Waals surface area contributed by atoms with Crippen LogP contribution in [0.3, 0.4) is 0 Å². The van der Waals surface area contributed by atoms with Gasteiger partial charge in [-0.25, -0.2) is 0 Å². The SMILES string of the molecule is CCNC(=NCC1(O)CCSC1)N1CCc2ccccc2C1. The highest BCUT2D eigenvalue weighted by Gasteiger charge is 2.32. The lowest BCUT2D eigenvalue weighted by atomic mass is 10.0. The van der Waals surface area contributed by atoms with Gasteiger partial charge in [0.05, 0.1) is 12.1 Å². The predicted octanol–water partition coefficient (Wildman–Crippen LogP) is 1.88. The van der Waals surface area contributed by atoms with Gasteiger partial charge < -0.3 is 15.3 Å². The van der Waals surface area contributed by atoms with E-state index < -0.39 is 5.60 Å². The Kier molecular flexibility index (Phi) is 4.93. The van der Waals surface area contributed by atoms with Gasteiger partial charge in [-0.1, -0.05) is 24.3 Å². The lowest BCUT2D eigenvalue weighted by Crippen LogP contribution is -2.45. The van der Waals surface area contributed by atoms with Gasteiger partial charge in [-0.2, -0.15) is 11.8 Å². The van der Waals surface area contributed by atoms with Gasteiger partial charge in [-0.3, -0.25) is 4.99 Å². The number of hydrogen-bond acceptors (Lipinski definition) is 3. The Bertz CT molecular complexity index is 540. The summed E-state index contributed by atoms with van der Waals surface area (Å²) in [5.41, 5.74) is 2.22. The van der Waals surface area contributed by atoms with Crippen LogP contribution in [0.5, 0.6) is 0 Å². The van der Waals surface area contributed by atoms with Crippen LogP contribution in [0.1, 0.15) is 24.5 Å². The quantitative estimate of drug-likeness (QED) is 0.660. The van der Waals surface area contributed by atoms with Gasteiger partial charge in [0.25, 0.3) is 0 Å². The lowest BCUT2D eigenvalue weighted by Gasteiger charge is -2.32. The van der Waals surface area contributed by atoms with Crippen molar-refractivity contribution in [2.75, 3.05) is 31.1 Å². The molecule has 1 atom stereocenters. The molecule has 2 N–H and O–H groups in total. The van der Waals surface area contributed by atoms with Crippen LogP contribution in [0.4, 0.5) is 0 Å². The Morgan fingerprint density at radius 1 is 1.41 bits per heavy atom. The van der Waals surface area contributed by atoms with Crippen LogP contribution in [-0.4, -0.2) is 52.7 Å². The topological polar surface area (TPSA) is 47.9 Å². The molecule has 0 bridgehead atoms. The molecule has 0 aliphatic carbocycles. The van der Waals surface area contributed by atoms with Gasteiger partial charge in [0.1, 0.15) is 0 Å². The number of benzene rings is 1. The van der Waals surface area contributed by atoms with E-state index in [1.165, 1.54) is 11.1 Å². The van der Waals surface area contributed by atoms with E-state index >= 15 is 0 Å². The maximum absolute atomic E-state index is 10.5. The molecular weight excluding hydrogens is 294 g/mol. The van der Waals surface area contributed by atoms with E-state index in [0.717, 1.165) is 49.9 Å². The molecule has 0 aromatic heterocycles. The van der Waals surface area contributed by atoms with Gasteiger partial charge in [-0.15, -0.1) is 0 Å². The number of aliphatic hydroxyl groups is 1. The molecule has 4 nitrogen and oxygen atoms in total. The molecule has 1 saturated heterocycles. The molecule has 0 amide bonds. The normalized spacial score (nSPS) is 25.2. The second kappa shape index (κ2) is 6.92.